The third-order valence-electron chi connectivity index (χ3n) is 4.46. The van der Waals surface area contributed by atoms with E-state index in [2.05, 4.69) is 57.6 Å². The van der Waals surface area contributed by atoms with Gasteiger partial charge in [0.1, 0.15) is 0 Å². The Kier molecular flexibility index (Phi) is 3.34. The third-order valence-corrected chi connectivity index (χ3v) is 4.90. The molecule has 0 saturated carbocycles. The number of anilines is 1. The number of halogens is 1. The summed E-state index contributed by atoms with van der Waals surface area (Å²) >= 11 is 3.51. The van der Waals surface area contributed by atoms with Gasteiger partial charge in [0.05, 0.1) is 11.9 Å². The average Bonchev–Trinajstić information content (AvgIpc) is 2.85. The molecule has 19 heavy (non-hydrogen) atoms. The first kappa shape index (κ1) is 13.4. The molecule has 3 heterocycles. The summed E-state index contributed by atoms with van der Waals surface area (Å²) in [5.41, 5.74) is 1.53. The van der Waals surface area contributed by atoms with E-state index in [1.165, 1.54) is 25.2 Å². The van der Waals surface area contributed by atoms with Crippen molar-refractivity contribution in [2.75, 3.05) is 24.5 Å². The van der Waals surface area contributed by atoms with Crippen LogP contribution in [0.4, 0.5) is 5.69 Å². The van der Waals surface area contributed by atoms with E-state index in [9.17, 15) is 0 Å². The number of fused-ring (bicyclic) bond motifs is 1. The quantitative estimate of drug-likeness (QED) is 0.791. The van der Waals surface area contributed by atoms with Crippen molar-refractivity contribution in [3.8, 4) is 0 Å². The molecule has 3 nitrogen and oxygen atoms in total. The smallest absolute Gasteiger partial charge is 0.0564 e. The minimum absolute atomic E-state index is 0.283. The van der Waals surface area contributed by atoms with Gasteiger partial charge in [0, 0.05) is 35.3 Å². The molecule has 1 aromatic heterocycles. The molecule has 0 spiro atoms. The van der Waals surface area contributed by atoms with Crippen LogP contribution in [0.15, 0.2) is 22.9 Å². The first-order valence-electron chi connectivity index (χ1n) is 7.07. The van der Waals surface area contributed by atoms with Gasteiger partial charge >= 0.3 is 0 Å². The Morgan fingerprint density at radius 3 is 2.74 bits per heavy atom. The molecule has 0 aromatic carbocycles. The fourth-order valence-electron chi connectivity index (χ4n) is 3.58. The average molecular weight is 324 g/mol. The van der Waals surface area contributed by atoms with E-state index in [1.807, 2.05) is 12.4 Å². The Balaban J connectivity index is 1.77. The Bertz CT molecular complexity index is 469. The van der Waals surface area contributed by atoms with Crippen molar-refractivity contribution >= 4 is 21.6 Å². The number of likely N-dealkylation sites (tertiary alicyclic amines) is 1. The standard InChI is InChI=1S/C15H22BrN3/c1-15(2,3)19-5-4-11-9-18(10-14(11)19)13-6-12(16)7-17-8-13/h6-8,11,14H,4-5,9-10H2,1-3H3/t11-,14+/m1/s1. The fraction of sp³-hybridized carbons (Fsp3) is 0.667. The van der Waals surface area contributed by atoms with Crippen molar-refractivity contribution in [2.45, 2.75) is 38.8 Å². The number of nitrogens with zero attached hydrogens (tertiary/aromatic N) is 3. The Hall–Kier alpha value is -0.610. The van der Waals surface area contributed by atoms with E-state index in [-0.39, 0.29) is 5.54 Å². The maximum absolute atomic E-state index is 4.29. The predicted molar refractivity (Wildman–Crippen MR) is 82.5 cm³/mol. The lowest BCUT2D eigenvalue weighted by Crippen LogP contribution is -2.47. The van der Waals surface area contributed by atoms with Gasteiger partial charge in [-0.2, -0.15) is 0 Å². The second kappa shape index (κ2) is 4.74. The number of hydrogen-bond acceptors (Lipinski definition) is 3. The summed E-state index contributed by atoms with van der Waals surface area (Å²) in [5, 5.41) is 0. The van der Waals surface area contributed by atoms with Gasteiger partial charge < -0.3 is 4.90 Å². The van der Waals surface area contributed by atoms with Crippen LogP contribution < -0.4 is 4.90 Å². The summed E-state index contributed by atoms with van der Waals surface area (Å²) in [5.74, 6) is 0.818. The summed E-state index contributed by atoms with van der Waals surface area (Å²) in [6.07, 6.45) is 5.16. The maximum atomic E-state index is 4.29. The molecule has 2 aliphatic rings. The van der Waals surface area contributed by atoms with E-state index < -0.39 is 0 Å². The van der Waals surface area contributed by atoms with Crippen molar-refractivity contribution in [1.82, 2.24) is 9.88 Å². The van der Waals surface area contributed by atoms with Crippen LogP contribution in [-0.4, -0.2) is 41.1 Å². The molecule has 2 saturated heterocycles. The van der Waals surface area contributed by atoms with Crippen LogP contribution in [0.5, 0.6) is 0 Å². The highest BCUT2D eigenvalue weighted by atomic mass is 79.9. The van der Waals surface area contributed by atoms with Gasteiger partial charge in [-0.3, -0.25) is 9.88 Å². The summed E-state index contributed by atoms with van der Waals surface area (Å²) in [7, 11) is 0. The lowest BCUT2D eigenvalue weighted by Gasteiger charge is -2.37. The molecule has 3 rings (SSSR count). The molecule has 0 bridgehead atoms. The van der Waals surface area contributed by atoms with Crippen LogP contribution in [0.25, 0.3) is 0 Å². The van der Waals surface area contributed by atoms with E-state index in [1.54, 1.807) is 0 Å². The first-order valence-corrected chi connectivity index (χ1v) is 7.87. The van der Waals surface area contributed by atoms with Crippen LogP contribution in [0.1, 0.15) is 27.2 Å². The minimum atomic E-state index is 0.283. The Morgan fingerprint density at radius 2 is 2.05 bits per heavy atom. The summed E-state index contributed by atoms with van der Waals surface area (Å²) in [4.78, 5) is 9.46. The monoisotopic (exact) mass is 323 g/mol. The zero-order valence-corrected chi connectivity index (χ0v) is 13.5. The molecule has 4 heteroatoms. The van der Waals surface area contributed by atoms with Gasteiger partial charge in [0.25, 0.3) is 0 Å². The maximum Gasteiger partial charge on any atom is 0.0564 e. The molecule has 0 radical (unpaired) electrons. The molecule has 0 aliphatic carbocycles. The predicted octanol–water partition coefficient (Wildman–Crippen LogP) is 3.15. The van der Waals surface area contributed by atoms with Crippen LogP contribution >= 0.6 is 15.9 Å². The van der Waals surface area contributed by atoms with E-state index in [0.29, 0.717) is 6.04 Å². The Labute approximate surface area is 124 Å². The second-order valence-corrected chi connectivity index (χ2v) is 7.66. The number of rotatable bonds is 1. The Morgan fingerprint density at radius 1 is 1.26 bits per heavy atom. The van der Waals surface area contributed by atoms with E-state index in [4.69, 9.17) is 0 Å². The number of hydrogen-bond donors (Lipinski definition) is 0. The van der Waals surface area contributed by atoms with Crippen LogP contribution in [0, 0.1) is 5.92 Å². The summed E-state index contributed by atoms with van der Waals surface area (Å²) in [6, 6.07) is 2.88. The second-order valence-electron chi connectivity index (χ2n) is 6.75. The fourth-order valence-corrected chi connectivity index (χ4v) is 3.93. The first-order chi connectivity index (χ1) is 8.95. The largest absolute Gasteiger partial charge is 0.368 e. The third kappa shape index (κ3) is 2.52. The number of aromatic nitrogens is 1. The molecule has 0 N–H and O–H groups in total. The summed E-state index contributed by atoms with van der Waals surface area (Å²) < 4.78 is 1.06. The molecule has 2 aliphatic heterocycles. The minimum Gasteiger partial charge on any atom is -0.368 e. The molecule has 2 atom stereocenters. The molecule has 0 unspecified atom stereocenters. The van der Waals surface area contributed by atoms with Gasteiger partial charge in [-0.25, -0.2) is 0 Å². The molecule has 1 aromatic rings. The van der Waals surface area contributed by atoms with Crippen molar-refractivity contribution in [3.63, 3.8) is 0 Å². The number of pyridine rings is 1. The molecular weight excluding hydrogens is 302 g/mol. The highest BCUT2D eigenvalue weighted by molar-refractivity contribution is 9.10. The lowest BCUT2D eigenvalue weighted by atomic mass is 10.0. The van der Waals surface area contributed by atoms with Crippen molar-refractivity contribution < 1.29 is 0 Å². The normalized spacial score (nSPS) is 27.9. The summed E-state index contributed by atoms with van der Waals surface area (Å²) in [6.45, 7) is 10.6. The molecular formula is C15H22BrN3. The van der Waals surface area contributed by atoms with Gasteiger partial charge in [0.2, 0.25) is 0 Å². The zero-order chi connectivity index (χ0) is 13.6. The van der Waals surface area contributed by atoms with Gasteiger partial charge in [-0.1, -0.05) is 0 Å². The van der Waals surface area contributed by atoms with Gasteiger partial charge in [-0.15, -0.1) is 0 Å². The van der Waals surface area contributed by atoms with Crippen LogP contribution in [-0.2, 0) is 0 Å². The lowest BCUT2D eigenvalue weighted by molar-refractivity contribution is 0.123. The van der Waals surface area contributed by atoms with E-state index >= 15 is 0 Å². The zero-order valence-electron chi connectivity index (χ0n) is 11.9. The van der Waals surface area contributed by atoms with Crippen molar-refractivity contribution in [3.05, 3.63) is 22.9 Å². The molecule has 0 amide bonds. The van der Waals surface area contributed by atoms with Crippen LogP contribution in [0.2, 0.25) is 0 Å². The van der Waals surface area contributed by atoms with Gasteiger partial charge in [-0.05, 0) is 61.7 Å². The molecule has 2 fully saturated rings. The van der Waals surface area contributed by atoms with Crippen molar-refractivity contribution in [2.24, 2.45) is 5.92 Å². The highest BCUT2D eigenvalue weighted by Gasteiger charge is 2.44. The van der Waals surface area contributed by atoms with Crippen molar-refractivity contribution in [1.29, 1.82) is 0 Å². The highest BCUT2D eigenvalue weighted by Crippen LogP contribution is 2.37. The topological polar surface area (TPSA) is 19.4 Å². The van der Waals surface area contributed by atoms with Gasteiger partial charge in [0.15, 0.2) is 0 Å². The van der Waals surface area contributed by atoms with E-state index in [0.717, 1.165) is 16.9 Å². The molecule has 104 valence electrons. The van der Waals surface area contributed by atoms with Crippen LogP contribution in [0.3, 0.4) is 0 Å². The SMILES string of the molecule is CC(C)(C)N1CC[C@@H]2CN(c3cncc(Br)c3)C[C@@H]21.